The van der Waals surface area contributed by atoms with E-state index in [1.54, 1.807) is 0 Å². The van der Waals surface area contributed by atoms with E-state index in [-0.39, 0.29) is 25.7 Å². The molecule has 0 saturated heterocycles. The first-order valence-corrected chi connectivity index (χ1v) is 36.0. The van der Waals surface area contributed by atoms with E-state index in [9.17, 15) is 43.2 Å². The first-order chi connectivity index (χ1) is 39.4. The third-order valence-electron chi connectivity index (χ3n) is 14.5. The van der Waals surface area contributed by atoms with E-state index >= 15 is 0 Å². The molecule has 0 aliphatic heterocycles. The van der Waals surface area contributed by atoms with Gasteiger partial charge in [-0.3, -0.25) is 37.3 Å². The van der Waals surface area contributed by atoms with Gasteiger partial charge in [-0.1, -0.05) is 260 Å². The summed E-state index contributed by atoms with van der Waals surface area (Å²) in [6, 6.07) is 0. The third kappa shape index (κ3) is 57.2. The summed E-state index contributed by atoms with van der Waals surface area (Å²) in [6.07, 6.45) is 38.2. The Kier molecular flexibility index (Phi) is 54.3. The minimum absolute atomic E-state index is 0.104. The van der Waals surface area contributed by atoms with Crippen molar-refractivity contribution in [2.45, 2.75) is 330 Å². The van der Waals surface area contributed by atoms with Gasteiger partial charge in [-0.2, -0.15) is 0 Å². The van der Waals surface area contributed by atoms with E-state index in [1.807, 2.05) is 0 Å². The zero-order chi connectivity index (χ0) is 60.8. The van der Waals surface area contributed by atoms with Crippen LogP contribution in [-0.2, 0) is 65.4 Å². The Hall–Kier alpha value is -1.94. The van der Waals surface area contributed by atoms with Gasteiger partial charge < -0.3 is 33.8 Å². The average molecular weight is 1210 g/mol. The summed E-state index contributed by atoms with van der Waals surface area (Å²) in [5, 5.41) is 10.5. The summed E-state index contributed by atoms with van der Waals surface area (Å²) in [4.78, 5) is 71.8. The second kappa shape index (κ2) is 55.6. The second-order valence-electron chi connectivity index (χ2n) is 23.7. The Bertz CT molecular complexity index is 1620. The molecular weight excluding hydrogens is 1090 g/mol. The van der Waals surface area contributed by atoms with Crippen LogP contribution in [0.1, 0.15) is 311 Å². The number of hydrogen-bond donors (Lipinski definition) is 3. The number of ether oxygens (including phenoxy) is 4. The van der Waals surface area contributed by atoms with Crippen LogP contribution in [0.3, 0.4) is 0 Å². The van der Waals surface area contributed by atoms with Crippen molar-refractivity contribution >= 4 is 39.5 Å². The van der Waals surface area contributed by atoms with Crippen LogP contribution in [0.4, 0.5) is 0 Å². The minimum atomic E-state index is -4.94. The summed E-state index contributed by atoms with van der Waals surface area (Å²) in [7, 11) is -9.87. The normalized spacial score (nSPS) is 14.3. The molecule has 0 aliphatic rings. The predicted molar refractivity (Wildman–Crippen MR) is 326 cm³/mol. The van der Waals surface area contributed by atoms with Gasteiger partial charge in [0.2, 0.25) is 0 Å². The number of aliphatic hydroxyl groups is 1. The van der Waals surface area contributed by atoms with E-state index in [2.05, 4.69) is 41.5 Å². The maximum absolute atomic E-state index is 13.0. The van der Waals surface area contributed by atoms with E-state index in [1.165, 1.54) is 109 Å². The molecule has 2 unspecified atom stereocenters. The highest BCUT2D eigenvalue weighted by Gasteiger charge is 2.30. The zero-order valence-corrected chi connectivity index (χ0v) is 54.6. The van der Waals surface area contributed by atoms with Gasteiger partial charge >= 0.3 is 39.5 Å². The monoisotopic (exact) mass is 1210 g/mol. The fourth-order valence-corrected chi connectivity index (χ4v) is 10.9. The van der Waals surface area contributed by atoms with Gasteiger partial charge in [0.1, 0.15) is 19.3 Å². The number of carbonyl (C=O) groups is 4. The van der Waals surface area contributed by atoms with Crippen molar-refractivity contribution in [1.82, 2.24) is 0 Å². The number of phosphoric ester groups is 2. The Morgan fingerprint density at radius 1 is 0.329 bits per heavy atom. The molecular formula is C63H122O17P2. The molecule has 486 valence electrons. The van der Waals surface area contributed by atoms with E-state index in [0.29, 0.717) is 31.6 Å². The molecule has 0 amide bonds. The molecule has 0 aromatic carbocycles. The van der Waals surface area contributed by atoms with Gasteiger partial charge in [0.15, 0.2) is 12.2 Å². The van der Waals surface area contributed by atoms with Gasteiger partial charge in [0.25, 0.3) is 0 Å². The number of carbonyl (C=O) groups excluding carboxylic acids is 4. The molecule has 0 bridgehead atoms. The van der Waals surface area contributed by atoms with Crippen LogP contribution in [0.15, 0.2) is 0 Å². The number of hydrogen-bond acceptors (Lipinski definition) is 15. The Morgan fingerprint density at radius 3 is 0.829 bits per heavy atom. The van der Waals surface area contributed by atoms with Crippen LogP contribution < -0.4 is 0 Å². The van der Waals surface area contributed by atoms with Crippen LogP contribution in [-0.4, -0.2) is 96.7 Å². The van der Waals surface area contributed by atoms with Crippen molar-refractivity contribution < 1.29 is 80.2 Å². The quantitative estimate of drug-likeness (QED) is 0.0222. The number of unbranched alkanes of at least 4 members (excludes halogenated alkanes) is 32. The fourth-order valence-electron chi connectivity index (χ4n) is 9.35. The number of phosphoric acid groups is 2. The van der Waals surface area contributed by atoms with Crippen molar-refractivity contribution in [3.05, 3.63) is 0 Å². The molecule has 0 rings (SSSR count). The predicted octanol–water partition coefficient (Wildman–Crippen LogP) is 17.3. The highest BCUT2D eigenvalue weighted by Crippen LogP contribution is 2.45. The Balaban J connectivity index is 5.10. The molecule has 0 fully saturated rings. The van der Waals surface area contributed by atoms with Gasteiger partial charge in [-0.15, -0.1) is 0 Å². The maximum atomic E-state index is 13.0. The fraction of sp³-hybridized carbons (Fsp3) is 0.937. The molecule has 0 heterocycles. The van der Waals surface area contributed by atoms with Crippen LogP contribution >= 0.6 is 15.6 Å². The van der Waals surface area contributed by atoms with Crippen molar-refractivity contribution in [1.29, 1.82) is 0 Å². The summed E-state index contributed by atoms with van der Waals surface area (Å²) < 4.78 is 67.7. The van der Waals surface area contributed by atoms with Gasteiger partial charge in [-0.25, -0.2) is 9.13 Å². The number of esters is 4. The van der Waals surface area contributed by atoms with Crippen molar-refractivity contribution in [2.75, 3.05) is 39.6 Å². The minimum Gasteiger partial charge on any atom is -0.462 e. The molecule has 82 heavy (non-hydrogen) atoms. The molecule has 5 atom stereocenters. The van der Waals surface area contributed by atoms with Gasteiger partial charge in [0.05, 0.1) is 26.4 Å². The highest BCUT2D eigenvalue weighted by atomic mass is 31.2. The van der Waals surface area contributed by atoms with Gasteiger partial charge in [0, 0.05) is 25.7 Å². The highest BCUT2D eigenvalue weighted by molar-refractivity contribution is 7.47. The van der Waals surface area contributed by atoms with Crippen LogP contribution in [0.2, 0.25) is 0 Å². The second-order valence-corrected chi connectivity index (χ2v) is 26.7. The van der Waals surface area contributed by atoms with Crippen molar-refractivity contribution in [3.8, 4) is 0 Å². The van der Waals surface area contributed by atoms with Crippen molar-refractivity contribution in [2.24, 2.45) is 11.8 Å². The van der Waals surface area contributed by atoms with E-state index in [4.69, 9.17) is 37.0 Å². The molecule has 0 spiro atoms. The van der Waals surface area contributed by atoms with E-state index < -0.39 is 97.5 Å². The molecule has 0 aliphatic carbocycles. The molecule has 0 aromatic heterocycles. The number of aliphatic hydroxyl groups excluding tert-OH is 1. The molecule has 3 N–H and O–H groups in total. The first kappa shape index (κ1) is 80.1. The smallest absolute Gasteiger partial charge is 0.462 e. The maximum Gasteiger partial charge on any atom is 0.472 e. The summed E-state index contributed by atoms with van der Waals surface area (Å²) in [6.45, 7) is 9.34. The van der Waals surface area contributed by atoms with Crippen LogP contribution in [0, 0.1) is 11.8 Å². The molecule has 0 aromatic rings. The molecule has 0 saturated carbocycles. The summed E-state index contributed by atoms with van der Waals surface area (Å²) in [5.74, 6) is -0.636. The average Bonchev–Trinajstić information content (AvgIpc) is 3.44. The lowest BCUT2D eigenvalue weighted by atomic mass is 10.0. The third-order valence-corrected chi connectivity index (χ3v) is 16.4. The van der Waals surface area contributed by atoms with E-state index in [0.717, 1.165) is 115 Å². The molecule has 19 heteroatoms. The largest absolute Gasteiger partial charge is 0.472 e. The van der Waals surface area contributed by atoms with Crippen LogP contribution in [0.25, 0.3) is 0 Å². The lowest BCUT2D eigenvalue weighted by Crippen LogP contribution is -2.30. The zero-order valence-electron chi connectivity index (χ0n) is 52.8. The Morgan fingerprint density at radius 2 is 0.561 bits per heavy atom. The van der Waals surface area contributed by atoms with Crippen molar-refractivity contribution in [3.63, 3.8) is 0 Å². The summed E-state index contributed by atoms with van der Waals surface area (Å²) >= 11 is 0. The lowest BCUT2D eigenvalue weighted by Gasteiger charge is -2.21. The number of rotatable bonds is 62. The SMILES string of the molecule is CCCCCCCCCCC(=O)O[C@H](COC(=O)CCCCCCC)COP(=O)(O)OC[C@H](O)COP(=O)(O)OC[C@@H](COC(=O)CCCCCCCCCC(C)C)OC(=O)CCCCCCCCCCCCCCCCCCC(C)C. The first-order valence-electron chi connectivity index (χ1n) is 33.0. The molecule has 0 radical (unpaired) electrons. The Labute approximate surface area is 498 Å². The van der Waals surface area contributed by atoms with Crippen LogP contribution in [0.5, 0.6) is 0 Å². The lowest BCUT2D eigenvalue weighted by molar-refractivity contribution is -0.161. The topological polar surface area (TPSA) is 237 Å². The molecule has 17 nitrogen and oxygen atoms in total. The summed E-state index contributed by atoms with van der Waals surface area (Å²) in [5.41, 5.74) is 0. The standard InChI is InChI=1S/C63H122O17P2/c1-7-9-11-13-14-28-35-41-47-62(67)79-58(51-73-60(65)45-39-31-12-10-8-2)53-77-81(69,70)75-49-57(64)50-76-82(71,72)78-54-59(52-74-61(66)46-40-34-30-25-27-33-38-44-56(5)6)80-63(68)48-42-36-29-24-22-20-18-16-15-17-19-21-23-26-32-37-43-55(3)4/h55-59,64H,7-54H2,1-6H3,(H,69,70)(H,71,72)/t57-,58+,59+/m0/s1. The van der Waals surface area contributed by atoms with Gasteiger partial charge in [-0.05, 0) is 37.5 Å².